The highest BCUT2D eigenvalue weighted by Gasteiger charge is 2.23. The van der Waals surface area contributed by atoms with Crippen molar-refractivity contribution >= 4 is 0 Å². The van der Waals surface area contributed by atoms with Crippen molar-refractivity contribution < 1.29 is 0 Å². The summed E-state index contributed by atoms with van der Waals surface area (Å²) in [6, 6.07) is 1.40. The van der Waals surface area contributed by atoms with Crippen molar-refractivity contribution in [1.82, 2.24) is 4.90 Å². The molecule has 0 unspecified atom stereocenters. The quantitative estimate of drug-likeness (QED) is 0.551. The first-order valence-electron chi connectivity index (χ1n) is 4.68. The van der Waals surface area contributed by atoms with Crippen LogP contribution in [-0.4, -0.2) is 23.5 Å². The first-order valence-corrected chi connectivity index (χ1v) is 4.68. The van der Waals surface area contributed by atoms with Crippen LogP contribution in [0.5, 0.6) is 0 Å². The Morgan fingerprint density at radius 3 is 2.73 bits per heavy atom. The molecule has 2 atom stereocenters. The minimum atomic E-state index is 0.642. The molecule has 0 aromatic heterocycles. The summed E-state index contributed by atoms with van der Waals surface area (Å²) < 4.78 is 0. The highest BCUT2D eigenvalue weighted by Crippen LogP contribution is 2.22. The van der Waals surface area contributed by atoms with E-state index in [1.165, 1.54) is 19.3 Å². The van der Waals surface area contributed by atoms with Gasteiger partial charge in [0.1, 0.15) is 0 Å². The Hall–Kier alpha value is -0.300. The van der Waals surface area contributed by atoms with E-state index in [1.54, 1.807) is 0 Å². The lowest BCUT2D eigenvalue weighted by molar-refractivity contribution is 0.127. The molecule has 1 aliphatic rings. The Morgan fingerprint density at radius 2 is 2.27 bits per heavy atom. The van der Waals surface area contributed by atoms with Gasteiger partial charge in [-0.15, -0.1) is 6.58 Å². The number of nitrogens with zero attached hydrogens (tertiary/aromatic N) is 1. The fourth-order valence-electron chi connectivity index (χ4n) is 2.08. The summed E-state index contributed by atoms with van der Waals surface area (Å²) in [5, 5.41) is 0. The molecule has 64 valence electrons. The summed E-state index contributed by atoms with van der Waals surface area (Å²) in [5.74, 6) is 0. The number of likely N-dealkylation sites (N-methyl/N-ethyl adjacent to an activating group) is 1. The maximum atomic E-state index is 3.88. The summed E-state index contributed by atoms with van der Waals surface area (Å²) in [4.78, 5) is 2.54. The molecule has 1 fully saturated rings. The van der Waals surface area contributed by atoms with Crippen molar-refractivity contribution in [2.75, 3.05) is 6.54 Å². The van der Waals surface area contributed by atoms with Crippen molar-refractivity contribution in [2.45, 2.75) is 45.2 Å². The van der Waals surface area contributed by atoms with Gasteiger partial charge in [0.25, 0.3) is 0 Å². The number of rotatable bonds is 2. The van der Waals surface area contributed by atoms with E-state index in [0.29, 0.717) is 6.04 Å². The summed E-state index contributed by atoms with van der Waals surface area (Å²) in [6.45, 7) is 9.59. The maximum absolute atomic E-state index is 3.88. The lowest BCUT2D eigenvalue weighted by Gasteiger charge is -2.38. The van der Waals surface area contributed by atoms with E-state index in [2.05, 4.69) is 31.4 Å². The van der Waals surface area contributed by atoms with Gasteiger partial charge in [-0.05, 0) is 26.3 Å². The molecule has 0 N–H and O–H groups in total. The van der Waals surface area contributed by atoms with Gasteiger partial charge in [0.15, 0.2) is 0 Å². The monoisotopic (exact) mass is 153 g/mol. The number of likely N-dealkylation sites (tertiary alicyclic amines) is 1. The second-order valence-corrected chi connectivity index (χ2v) is 3.41. The fourth-order valence-corrected chi connectivity index (χ4v) is 2.08. The van der Waals surface area contributed by atoms with Crippen LogP contribution in [-0.2, 0) is 0 Å². The SMILES string of the molecule is C=C[C@H]1CCC[C@@H](C)N1CC. The van der Waals surface area contributed by atoms with Crippen LogP contribution in [0.25, 0.3) is 0 Å². The van der Waals surface area contributed by atoms with Gasteiger partial charge in [0, 0.05) is 12.1 Å². The van der Waals surface area contributed by atoms with Crippen LogP contribution in [0.4, 0.5) is 0 Å². The van der Waals surface area contributed by atoms with Crippen LogP contribution >= 0.6 is 0 Å². The van der Waals surface area contributed by atoms with E-state index in [0.717, 1.165) is 12.6 Å². The standard InChI is InChI=1S/C10H19N/c1-4-10-8-6-7-9(3)11(10)5-2/h4,9-10H,1,5-8H2,2-3H3/t9-,10+/m1/s1. The smallest absolute Gasteiger partial charge is 0.0278 e. The molecule has 0 aromatic carbocycles. The first-order chi connectivity index (χ1) is 5.29. The van der Waals surface area contributed by atoms with Gasteiger partial charge in [-0.1, -0.05) is 19.4 Å². The zero-order valence-corrected chi connectivity index (χ0v) is 7.71. The highest BCUT2D eigenvalue weighted by molar-refractivity contribution is 4.92. The summed E-state index contributed by atoms with van der Waals surface area (Å²) >= 11 is 0. The van der Waals surface area contributed by atoms with E-state index in [9.17, 15) is 0 Å². The van der Waals surface area contributed by atoms with Crippen LogP contribution in [0, 0.1) is 0 Å². The highest BCUT2D eigenvalue weighted by atomic mass is 15.2. The third kappa shape index (κ3) is 1.84. The summed E-state index contributed by atoms with van der Waals surface area (Å²) in [6.07, 6.45) is 6.13. The van der Waals surface area contributed by atoms with Crippen molar-refractivity contribution in [3.05, 3.63) is 12.7 Å². The summed E-state index contributed by atoms with van der Waals surface area (Å²) in [7, 11) is 0. The second kappa shape index (κ2) is 3.91. The van der Waals surface area contributed by atoms with Gasteiger partial charge >= 0.3 is 0 Å². The van der Waals surface area contributed by atoms with Crippen LogP contribution in [0.2, 0.25) is 0 Å². The van der Waals surface area contributed by atoms with E-state index >= 15 is 0 Å². The molecule has 1 saturated heterocycles. The van der Waals surface area contributed by atoms with Gasteiger partial charge in [-0.3, -0.25) is 4.90 Å². The zero-order chi connectivity index (χ0) is 8.27. The van der Waals surface area contributed by atoms with E-state index in [-0.39, 0.29) is 0 Å². The van der Waals surface area contributed by atoms with Crippen LogP contribution in [0.1, 0.15) is 33.1 Å². The molecular weight excluding hydrogens is 134 g/mol. The lowest BCUT2D eigenvalue weighted by Crippen LogP contribution is -2.43. The molecule has 1 rings (SSSR count). The third-order valence-corrected chi connectivity index (χ3v) is 2.75. The average Bonchev–Trinajstić information content (AvgIpc) is 2.04. The third-order valence-electron chi connectivity index (χ3n) is 2.75. The van der Waals surface area contributed by atoms with Crippen LogP contribution < -0.4 is 0 Å². The lowest BCUT2D eigenvalue weighted by atomic mass is 9.97. The Balaban J connectivity index is 2.55. The second-order valence-electron chi connectivity index (χ2n) is 3.41. The normalized spacial score (nSPS) is 33.6. The predicted octanol–water partition coefficient (Wildman–Crippen LogP) is 2.44. The molecule has 0 aromatic rings. The topological polar surface area (TPSA) is 3.24 Å². The molecule has 1 heterocycles. The van der Waals surface area contributed by atoms with Gasteiger partial charge in [-0.25, -0.2) is 0 Å². The van der Waals surface area contributed by atoms with Gasteiger partial charge in [-0.2, -0.15) is 0 Å². The Labute approximate surface area is 70.1 Å². The molecule has 0 bridgehead atoms. The fraction of sp³-hybridized carbons (Fsp3) is 0.800. The number of piperidine rings is 1. The largest absolute Gasteiger partial charge is 0.295 e. The average molecular weight is 153 g/mol. The molecular formula is C10H19N. The minimum Gasteiger partial charge on any atom is -0.295 e. The molecule has 0 amide bonds. The minimum absolute atomic E-state index is 0.642. The van der Waals surface area contributed by atoms with Gasteiger partial charge in [0.2, 0.25) is 0 Å². The van der Waals surface area contributed by atoms with Crippen LogP contribution in [0.3, 0.4) is 0 Å². The molecule has 0 aliphatic carbocycles. The summed E-state index contributed by atoms with van der Waals surface area (Å²) in [5.41, 5.74) is 0. The van der Waals surface area contributed by atoms with Crippen molar-refractivity contribution in [1.29, 1.82) is 0 Å². The molecule has 1 heteroatoms. The predicted molar refractivity (Wildman–Crippen MR) is 49.7 cm³/mol. The van der Waals surface area contributed by atoms with Gasteiger partial charge in [0.05, 0.1) is 0 Å². The van der Waals surface area contributed by atoms with Crippen molar-refractivity contribution in [3.63, 3.8) is 0 Å². The molecule has 11 heavy (non-hydrogen) atoms. The van der Waals surface area contributed by atoms with Gasteiger partial charge < -0.3 is 0 Å². The Bertz CT molecular complexity index is 131. The zero-order valence-electron chi connectivity index (χ0n) is 7.71. The van der Waals surface area contributed by atoms with Crippen LogP contribution in [0.15, 0.2) is 12.7 Å². The first kappa shape index (κ1) is 8.79. The Morgan fingerprint density at radius 1 is 1.55 bits per heavy atom. The van der Waals surface area contributed by atoms with Crippen molar-refractivity contribution in [3.8, 4) is 0 Å². The van der Waals surface area contributed by atoms with E-state index in [1.807, 2.05) is 0 Å². The van der Waals surface area contributed by atoms with E-state index in [4.69, 9.17) is 0 Å². The number of hydrogen-bond donors (Lipinski definition) is 0. The molecule has 1 aliphatic heterocycles. The Kier molecular flexibility index (Phi) is 3.13. The molecule has 1 nitrogen and oxygen atoms in total. The number of hydrogen-bond acceptors (Lipinski definition) is 1. The van der Waals surface area contributed by atoms with Crippen molar-refractivity contribution in [2.24, 2.45) is 0 Å². The molecule has 0 saturated carbocycles. The maximum Gasteiger partial charge on any atom is 0.0278 e. The molecule has 0 radical (unpaired) electrons. The molecule has 0 spiro atoms. The van der Waals surface area contributed by atoms with E-state index < -0.39 is 0 Å².